The van der Waals surface area contributed by atoms with Gasteiger partial charge in [-0.15, -0.1) is 0 Å². The highest BCUT2D eigenvalue weighted by Crippen LogP contribution is 2.13. The van der Waals surface area contributed by atoms with Crippen molar-refractivity contribution in [2.24, 2.45) is 0 Å². The minimum Gasteiger partial charge on any atom is -0.395 e. The quantitative estimate of drug-likeness (QED) is 0.811. The molecule has 0 aliphatic rings. The molecule has 0 bridgehead atoms. The number of imidazole rings is 1. The zero-order chi connectivity index (χ0) is 12.3. The Morgan fingerprint density at radius 3 is 2.24 bits per heavy atom. The number of hydrogen-bond acceptors (Lipinski definition) is 2. The maximum Gasteiger partial charge on any atom is 0.203 e. The first-order valence-corrected chi connectivity index (χ1v) is 6.13. The molecule has 2 aromatic rings. The van der Waals surface area contributed by atoms with Crippen LogP contribution in [0.5, 0.6) is 0 Å². The minimum atomic E-state index is 0.0678. The third-order valence-electron chi connectivity index (χ3n) is 3.03. The number of aliphatic hydroxyl groups is 1. The van der Waals surface area contributed by atoms with E-state index in [-0.39, 0.29) is 6.61 Å². The van der Waals surface area contributed by atoms with E-state index in [2.05, 4.69) is 6.92 Å². The van der Waals surface area contributed by atoms with E-state index in [1.54, 1.807) is 0 Å². The van der Waals surface area contributed by atoms with Crippen LogP contribution in [0.15, 0.2) is 24.3 Å². The van der Waals surface area contributed by atoms with Crippen molar-refractivity contribution in [3.05, 3.63) is 29.9 Å². The van der Waals surface area contributed by atoms with Gasteiger partial charge in [-0.2, -0.15) is 0 Å². The van der Waals surface area contributed by atoms with Gasteiger partial charge in [-0.25, -0.2) is 0 Å². The van der Waals surface area contributed by atoms with Crippen molar-refractivity contribution in [1.82, 2.24) is 9.13 Å². The van der Waals surface area contributed by atoms with E-state index in [4.69, 9.17) is 10.5 Å². The van der Waals surface area contributed by atoms with Crippen LogP contribution in [0.1, 0.15) is 19.8 Å². The number of aryl methyl sites for hydroxylation is 1. The third-order valence-corrected chi connectivity index (χ3v) is 3.03. The van der Waals surface area contributed by atoms with E-state index in [1.165, 1.54) is 0 Å². The first-order valence-electron chi connectivity index (χ1n) is 6.13. The second-order valence-corrected chi connectivity index (χ2v) is 4.19. The zero-order valence-corrected chi connectivity index (χ0v) is 10.2. The Morgan fingerprint density at radius 1 is 1.12 bits per heavy atom. The first-order chi connectivity index (χ1) is 8.29. The standard InChI is InChI=1S/C13H19N3O/c1-2-3-8-15-11-6-4-5-7-12(11)16(9-10-17)13(15)14/h4-7,14,17H,2-3,8-10H2,1H3. The van der Waals surface area contributed by atoms with Crippen molar-refractivity contribution < 1.29 is 5.11 Å². The number of unbranched alkanes of at least 4 members (excludes halogenated alkanes) is 1. The summed E-state index contributed by atoms with van der Waals surface area (Å²) in [5.41, 5.74) is 2.59. The minimum absolute atomic E-state index is 0.0678. The molecule has 17 heavy (non-hydrogen) atoms. The van der Waals surface area contributed by atoms with E-state index in [9.17, 15) is 0 Å². The fourth-order valence-corrected chi connectivity index (χ4v) is 2.16. The number of aromatic nitrogens is 2. The number of para-hydroxylation sites is 2. The molecular weight excluding hydrogens is 214 g/mol. The summed E-state index contributed by atoms with van der Waals surface area (Å²) in [5, 5.41) is 17.2. The highest BCUT2D eigenvalue weighted by Gasteiger charge is 2.08. The lowest BCUT2D eigenvalue weighted by Crippen LogP contribution is -2.25. The van der Waals surface area contributed by atoms with Gasteiger partial charge in [0, 0.05) is 13.1 Å². The van der Waals surface area contributed by atoms with Gasteiger partial charge in [0.1, 0.15) is 0 Å². The molecule has 0 amide bonds. The van der Waals surface area contributed by atoms with Crippen LogP contribution >= 0.6 is 0 Å². The van der Waals surface area contributed by atoms with Gasteiger partial charge in [-0.3, -0.25) is 5.41 Å². The molecule has 0 spiro atoms. The number of fused-ring (bicyclic) bond motifs is 1. The van der Waals surface area contributed by atoms with Gasteiger partial charge in [0.05, 0.1) is 17.6 Å². The molecule has 0 radical (unpaired) electrons. The van der Waals surface area contributed by atoms with Crippen molar-refractivity contribution in [2.45, 2.75) is 32.9 Å². The molecule has 0 aliphatic heterocycles. The van der Waals surface area contributed by atoms with Crippen LogP contribution < -0.4 is 5.62 Å². The molecule has 0 atom stereocenters. The summed E-state index contributed by atoms with van der Waals surface area (Å²) in [7, 11) is 0. The molecular formula is C13H19N3O. The summed E-state index contributed by atoms with van der Waals surface area (Å²) in [6, 6.07) is 8.01. The predicted octanol–water partition coefficient (Wildman–Crippen LogP) is 1.71. The number of benzene rings is 1. The fourth-order valence-electron chi connectivity index (χ4n) is 2.16. The van der Waals surface area contributed by atoms with Gasteiger partial charge < -0.3 is 14.2 Å². The van der Waals surface area contributed by atoms with Crippen LogP contribution in [0, 0.1) is 5.41 Å². The average Bonchev–Trinajstić information content (AvgIpc) is 2.61. The summed E-state index contributed by atoms with van der Waals surface area (Å²) < 4.78 is 3.89. The molecule has 2 rings (SSSR count). The summed E-state index contributed by atoms with van der Waals surface area (Å²) in [6.07, 6.45) is 2.19. The summed E-state index contributed by atoms with van der Waals surface area (Å²) in [5.74, 6) is 0. The zero-order valence-electron chi connectivity index (χ0n) is 10.2. The number of hydrogen-bond donors (Lipinski definition) is 2. The van der Waals surface area contributed by atoms with Crippen molar-refractivity contribution in [3.63, 3.8) is 0 Å². The van der Waals surface area contributed by atoms with Crippen molar-refractivity contribution in [1.29, 1.82) is 5.41 Å². The molecule has 0 unspecified atom stereocenters. The van der Waals surface area contributed by atoms with Crippen LogP contribution in [0.2, 0.25) is 0 Å². The average molecular weight is 233 g/mol. The Bertz CT molecular complexity index is 553. The number of nitrogens with one attached hydrogen (secondary N) is 1. The second-order valence-electron chi connectivity index (χ2n) is 4.19. The summed E-state index contributed by atoms with van der Waals surface area (Å²) >= 11 is 0. The largest absolute Gasteiger partial charge is 0.395 e. The second kappa shape index (κ2) is 5.19. The number of nitrogens with zero attached hydrogens (tertiary/aromatic N) is 2. The van der Waals surface area contributed by atoms with Crippen molar-refractivity contribution in [3.8, 4) is 0 Å². The topological polar surface area (TPSA) is 53.9 Å². The maximum absolute atomic E-state index is 9.08. The third kappa shape index (κ3) is 2.13. The molecule has 0 saturated carbocycles. The van der Waals surface area contributed by atoms with Gasteiger partial charge in [-0.05, 0) is 18.6 Å². The Hall–Kier alpha value is -1.55. The Kier molecular flexibility index (Phi) is 3.64. The lowest BCUT2D eigenvalue weighted by molar-refractivity contribution is 0.274. The van der Waals surface area contributed by atoms with E-state index >= 15 is 0 Å². The monoisotopic (exact) mass is 233 g/mol. The molecule has 0 fully saturated rings. The molecule has 2 N–H and O–H groups in total. The van der Waals surface area contributed by atoms with Crippen LogP contribution in [-0.2, 0) is 13.1 Å². The Balaban J connectivity index is 2.58. The lowest BCUT2D eigenvalue weighted by atomic mass is 10.3. The van der Waals surface area contributed by atoms with Crippen LogP contribution in [0.3, 0.4) is 0 Å². The fraction of sp³-hybridized carbons (Fsp3) is 0.462. The Morgan fingerprint density at radius 2 is 1.71 bits per heavy atom. The van der Waals surface area contributed by atoms with Crippen molar-refractivity contribution in [2.75, 3.05) is 6.61 Å². The molecule has 4 heteroatoms. The smallest absolute Gasteiger partial charge is 0.203 e. The van der Waals surface area contributed by atoms with Crippen LogP contribution in [-0.4, -0.2) is 20.8 Å². The van der Waals surface area contributed by atoms with Crippen molar-refractivity contribution >= 4 is 11.0 Å². The van der Waals surface area contributed by atoms with E-state index in [0.29, 0.717) is 12.2 Å². The lowest BCUT2D eigenvalue weighted by Gasteiger charge is -2.02. The van der Waals surface area contributed by atoms with E-state index in [1.807, 2.05) is 33.4 Å². The molecule has 92 valence electrons. The molecule has 1 heterocycles. The molecule has 4 nitrogen and oxygen atoms in total. The summed E-state index contributed by atoms with van der Waals surface area (Å²) in [4.78, 5) is 0. The molecule has 1 aromatic heterocycles. The van der Waals surface area contributed by atoms with Gasteiger partial charge in [-0.1, -0.05) is 25.5 Å². The maximum atomic E-state index is 9.08. The number of aliphatic hydroxyl groups excluding tert-OH is 1. The molecule has 0 saturated heterocycles. The van der Waals surface area contributed by atoms with Crippen LogP contribution in [0.4, 0.5) is 0 Å². The van der Waals surface area contributed by atoms with Gasteiger partial charge in [0.15, 0.2) is 0 Å². The number of rotatable bonds is 5. The summed E-state index contributed by atoms with van der Waals surface area (Å²) in [6.45, 7) is 3.57. The van der Waals surface area contributed by atoms with Crippen LogP contribution in [0.25, 0.3) is 11.0 Å². The first kappa shape index (κ1) is 11.9. The van der Waals surface area contributed by atoms with Gasteiger partial charge in [0.25, 0.3) is 0 Å². The van der Waals surface area contributed by atoms with E-state index in [0.717, 1.165) is 30.4 Å². The highest BCUT2D eigenvalue weighted by molar-refractivity contribution is 5.75. The Labute approximate surface area is 101 Å². The van der Waals surface area contributed by atoms with Gasteiger partial charge in [0.2, 0.25) is 5.62 Å². The van der Waals surface area contributed by atoms with E-state index < -0.39 is 0 Å². The normalized spacial score (nSPS) is 11.2. The van der Waals surface area contributed by atoms with Gasteiger partial charge >= 0.3 is 0 Å². The predicted molar refractivity (Wildman–Crippen MR) is 67.8 cm³/mol. The highest BCUT2D eigenvalue weighted by atomic mass is 16.3. The molecule has 0 aliphatic carbocycles. The molecule has 1 aromatic carbocycles. The SMILES string of the molecule is CCCCn1c(=N)n(CCO)c2ccccc21.